The van der Waals surface area contributed by atoms with Crippen LogP contribution in [0.2, 0.25) is 0 Å². The van der Waals surface area contributed by atoms with Crippen LogP contribution in [0.3, 0.4) is 0 Å². The summed E-state index contributed by atoms with van der Waals surface area (Å²) in [6.07, 6.45) is 0. The number of ether oxygens (including phenoxy) is 1. The van der Waals surface area contributed by atoms with E-state index < -0.39 is 4.92 Å². The first-order valence-electron chi connectivity index (χ1n) is 6.22. The van der Waals surface area contributed by atoms with Crippen LogP contribution in [0.1, 0.15) is 11.3 Å². The Bertz CT molecular complexity index is 684. The summed E-state index contributed by atoms with van der Waals surface area (Å²) in [6, 6.07) is 4.49. The van der Waals surface area contributed by atoms with Crippen molar-refractivity contribution in [2.75, 3.05) is 7.05 Å². The van der Waals surface area contributed by atoms with Crippen molar-refractivity contribution in [1.82, 2.24) is 15.1 Å². The summed E-state index contributed by atoms with van der Waals surface area (Å²) in [5, 5.41) is 18.3. The van der Waals surface area contributed by atoms with E-state index in [-0.39, 0.29) is 5.69 Å². The van der Waals surface area contributed by atoms with Crippen LogP contribution in [0.25, 0.3) is 0 Å². The molecule has 0 unspecified atom stereocenters. The van der Waals surface area contributed by atoms with Gasteiger partial charge in [-0.25, -0.2) is 4.68 Å². The number of nitro groups is 1. The molecule has 0 fully saturated rings. The molecule has 0 aliphatic carbocycles. The molecule has 1 heterocycles. The van der Waals surface area contributed by atoms with E-state index in [1.54, 1.807) is 17.8 Å². The van der Waals surface area contributed by atoms with Crippen LogP contribution in [0, 0.1) is 17.0 Å². The molecule has 0 radical (unpaired) electrons. The van der Waals surface area contributed by atoms with Gasteiger partial charge in [0, 0.05) is 24.1 Å². The highest BCUT2D eigenvalue weighted by molar-refractivity contribution is 9.10. The van der Waals surface area contributed by atoms with Gasteiger partial charge in [0.15, 0.2) is 0 Å². The zero-order valence-electron chi connectivity index (χ0n) is 11.9. The molecule has 0 saturated carbocycles. The highest BCUT2D eigenvalue weighted by atomic mass is 79.9. The molecule has 1 aromatic heterocycles. The fourth-order valence-electron chi connectivity index (χ4n) is 2.01. The average Bonchev–Trinajstić information content (AvgIpc) is 2.65. The van der Waals surface area contributed by atoms with Gasteiger partial charge in [-0.15, -0.1) is 0 Å². The van der Waals surface area contributed by atoms with Crippen LogP contribution in [-0.4, -0.2) is 21.8 Å². The van der Waals surface area contributed by atoms with Crippen molar-refractivity contribution in [3.63, 3.8) is 0 Å². The molecule has 0 aliphatic heterocycles. The fourth-order valence-corrected chi connectivity index (χ4v) is 2.47. The lowest BCUT2D eigenvalue weighted by molar-refractivity contribution is -0.385. The third kappa shape index (κ3) is 3.40. The third-order valence-corrected chi connectivity index (χ3v) is 3.38. The monoisotopic (exact) mass is 354 g/mol. The molecule has 1 aromatic carbocycles. The Morgan fingerprint density at radius 3 is 2.81 bits per heavy atom. The third-order valence-electron chi connectivity index (χ3n) is 2.92. The summed E-state index contributed by atoms with van der Waals surface area (Å²) in [4.78, 5) is 10.4. The smallest absolute Gasteiger partial charge is 0.274 e. The van der Waals surface area contributed by atoms with Crippen LogP contribution in [0.4, 0.5) is 5.69 Å². The van der Waals surface area contributed by atoms with Gasteiger partial charge in [-0.2, -0.15) is 5.10 Å². The van der Waals surface area contributed by atoms with Gasteiger partial charge in [-0.1, -0.05) is 15.9 Å². The SMILES string of the molecule is CNCc1c(C)nn(C)c1Oc1cc(Br)cc([N+](=O)[O-])c1. The summed E-state index contributed by atoms with van der Waals surface area (Å²) < 4.78 is 8.02. The molecular weight excluding hydrogens is 340 g/mol. The minimum absolute atomic E-state index is 0.0339. The maximum atomic E-state index is 10.9. The van der Waals surface area contributed by atoms with E-state index in [0.717, 1.165) is 11.3 Å². The molecule has 0 atom stereocenters. The number of nitro benzene ring substituents is 1. The molecule has 0 saturated heterocycles. The molecular formula is C13H15BrN4O3. The van der Waals surface area contributed by atoms with E-state index in [9.17, 15) is 10.1 Å². The Morgan fingerprint density at radius 2 is 2.19 bits per heavy atom. The van der Waals surface area contributed by atoms with Gasteiger partial charge in [0.2, 0.25) is 5.88 Å². The number of nitrogens with one attached hydrogen (secondary N) is 1. The standard InChI is InChI=1S/C13H15BrN4O3/c1-8-12(7-15-2)13(17(3)16-8)21-11-5-9(14)4-10(6-11)18(19)20/h4-6,15H,7H2,1-3H3. The lowest BCUT2D eigenvalue weighted by Crippen LogP contribution is -2.07. The van der Waals surface area contributed by atoms with E-state index in [1.165, 1.54) is 12.1 Å². The number of non-ortho nitro benzene ring substituents is 1. The minimum atomic E-state index is -0.458. The number of hydrogen-bond donors (Lipinski definition) is 1. The predicted octanol–water partition coefficient (Wildman–Crippen LogP) is 2.91. The number of nitrogens with zero attached hydrogens (tertiary/aromatic N) is 3. The largest absolute Gasteiger partial charge is 0.439 e. The zero-order chi connectivity index (χ0) is 15.6. The molecule has 8 heteroatoms. The summed E-state index contributed by atoms with van der Waals surface area (Å²) in [7, 11) is 3.61. The number of aryl methyl sites for hydroxylation is 2. The van der Waals surface area contributed by atoms with Gasteiger partial charge in [0.05, 0.1) is 22.2 Å². The highest BCUT2D eigenvalue weighted by Crippen LogP contribution is 2.32. The molecule has 1 N–H and O–H groups in total. The summed E-state index contributed by atoms with van der Waals surface area (Å²) in [5.41, 5.74) is 1.74. The second-order valence-electron chi connectivity index (χ2n) is 4.53. The lowest BCUT2D eigenvalue weighted by Gasteiger charge is -2.09. The Balaban J connectivity index is 2.40. The average molecular weight is 355 g/mol. The molecule has 21 heavy (non-hydrogen) atoms. The van der Waals surface area contributed by atoms with Crippen molar-refractivity contribution in [2.45, 2.75) is 13.5 Å². The van der Waals surface area contributed by atoms with E-state index in [1.807, 2.05) is 14.0 Å². The zero-order valence-corrected chi connectivity index (χ0v) is 13.5. The topological polar surface area (TPSA) is 82.2 Å². The van der Waals surface area contributed by atoms with E-state index >= 15 is 0 Å². The Kier molecular flexibility index (Phi) is 4.59. The van der Waals surface area contributed by atoms with Crippen molar-refractivity contribution in [1.29, 1.82) is 0 Å². The van der Waals surface area contributed by atoms with Crippen molar-refractivity contribution in [2.24, 2.45) is 7.05 Å². The number of benzene rings is 1. The van der Waals surface area contributed by atoms with Gasteiger partial charge in [0.1, 0.15) is 5.75 Å². The first-order valence-corrected chi connectivity index (χ1v) is 7.01. The minimum Gasteiger partial charge on any atom is -0.439 e. The number of hydrogen-bond acceptors (Lipinski definition) is 5. The first-order chi connectivity index (χ1) is 9.92. The van der Waals surface area contributed by atoms with Gasteiger partial charge >= 0.3 is 0 Å². The molecule has 112 valence electrons. The summed E-state index contributed by atoms with van der Waals surface area (Å²) in [6.45, 7) is 2.49. The molecule has 0 bridgehead atoms. The molecule has 2 rings (SSSR count). The number of halogens is 1. The predicted molar refractivity (Wildman–Crippen MR) is 81.6 cm³/mol. The molecule has 2 aromatic rings. The Hall–Kier alpha value is -1.93. The van der Waals surface area contributed by atoms with Crippen molar-refractivity contribution in [3.8, 4) is 11.6 Å². The first kappa shape index (κ1) is 15.5. The normalized spacial score (nSPS) is 10.7. The van der Waals surface area contributed by atoms with Crippen molar-refractivity contribution in [3.05, 3.63) is 44.0 Å². The van der Waals surface area contributed by atoms with E-state index in [0.29, 0.717) is 22.6 Å². The second-order valence-corrected chi connectivity index (χ2v) is 5.44. The fraction of sp³-hybridized carbons (Fsp3) is 0.308. The van der Waals surface area contributed by atoms with Crippen LogP contribution in [0.5, 0.6) is 11.6 Å². The van der Waals surface area contributed by atoms with Crippen molar-refractivity contribution >= 4 is 21.6 Å². The maximum absolute atomic E-state index is 10.9. The van der Waals surface area contributed by atoms with Crippen LogP contribution < -0.4 is 10.1 Å². The van der Waals surface area contributed by atoms with E-state index in [4.69, 9.17) is 4.74 Å². The van der Waals surface area contributed by atoms with Gasteiger partial charge in [-0.3, -0.25) is 10.1 Å². The number of aromatic nitrogens is 2. The quantitative estimate of drug-likeness (QED) is 0.659. The summed E-state index contributed by atoms with van der Waals surface area (Å²) >= 11 is 3.25. The van der Waals surface area contributed by atoms with Crippen LogP contribution in [0.15, 0.2) is 22.7 Å². The Morgan fingerprint density at radius 1 is 1.48 bits per heavy atom. The Labute approximate surface area is 130 Å². The van der Waals surface area contributed by atoms with Crippen LogP contribution >= 0.6 is 15.9 Å². The van der Waals surface area contributed by atoms with Crippen LogP contribution in [-0.2, 0) is 13.6 Å². The maximum Gasteiger partial charge on any atom is 0.274 e. The molecule has 0 spiro atoms. The molecule has 7 nitrogen and oxygen atoms in total. The van der Waals surface area contributed by atoms with Crippen molar-refractivity contribution < 1.29 is 9.66 Å². The second kappa shape index (κ2) is 6.23. The van der Waals surface area contributed by atoms with Gasteiger partial charge < -0.3 is 10.1 Å². The van der Waals surface area contributed by atoms with E-state index in [2.05, 4.69) is 26.3 Å². The molecule has 0 amide bonds. The number of rotatable bonds is 5. The van der Waals surface area contributed by atoms with Gasteiger partial charge in [-0.05, 0) is 20.0 Å². The summed E-state index contributed by atoms with van der Waals surface area (Å²) in [5.74, 6) is 0.950. The molecule has 0 aliphatic rings. The lowest BCUT2D eigenvalue weighted by atomic mass is 10.2. The highest BCUT2D eigenvalue weighted by Gasteiger charge is 2.17. The van der Waals surface area contributed by atoms with Gasteiger partial charge in [0.25, 0.3) is 5.69 Å².